The fraction of sp³-hybridized carbons (Fsp3) is 0.188. The van der Waals surface area contributed by atoms with Gasteiger partial charge in [0.2, 0.25) is 11.8 Å². The second-order valence-electron chi connectivity index (χ2n) is 5.07. The number of nitrogens with two attached hydrogens (primary N) is 1. The Balaban J connectivity index is 1.97. The highest BCUT2D eigenvalue weighted by atomic mass is 32.2. The number of aromatic nitrogens is 2. The third-order valence-electron chi connectivity index (χ3n) is 3.04. The Morgan fingerprint density at radius 3 is 2.36 bits per heavy atom. The molecule has 8 nitrogen and oxygen atoms in total. The number of anilines is 3. The van der Waals surface area contributed by atoms with Gasteiger partial charge >= 0.3 is 0 Å². The maximum absolute atomic E-state index is 12.2. The van der Waals surface area contributed by atoms with Crippen LogP contribution in [0.3, 0.4) is 0 Å². The molecule has 128 valence electrons. The lowest BCUT2D eigenvalue weighted by molar-refractivity contribution is -0.115. The van der Waals surface area contributed by atoms with Crippen molar-refractivity contribution in [3.8, 4) is 6.07 Å². The van der Waals surface area contributed by atoms with Crippen molar-refractivity contribution >= 4 is 40.8 Å². The van der Waals surface area contributed by atoms with E-state index in [1.165, 1.54) is 13.1 Å². The van der Waals surface area contributed by atoms with Gasteiger partial charge in [-0.2, -0.15) is 5.26 Å². The van der Waals surface area contributed by atoms with E-state index in [-0.39, 0.29) is 23.2 Å². The molecular formula is C16H16N6O2S. The molecule has 0 aliphatic carbocycles. The van der Waals surface area contributed by atoms with Crippen molar-refractivity contribution < 1.29 is 9.59 Å². The number of rotatable bonds is 5. The monoisotopic (exact) mass is 356 g/mol. The second kappa shape index (κ2) is 8.12. The molecule has 0 spiro atoms. The van der Waals surface area contributed by atoms with Crippen molar-refractivity contribution in [1.29, 1.82) is 5.26 Å². The molecule has 2 aromatic rings. The van der Waals surface area contributed by atoms with Crippen LogP contribution in [0.1, 0.15) is 19.4 Å². The van der Waals surface area contributed by atoms with E-state index in [1.807, 2.05) is 6.07 Å². The van der Waals surface area contributed by atoms with Crippen molar-refractivity contribution in [2.45, 2.75) is 24.3 Å². The predicted molar refractivity (Wildman–Crippen MR) is 95.9 cm³/mol. The van der Waals surface area contributed by atoms with Crippen LogP contribution in [0, 0.1) is 11.3 Å². The third kappa shape index (κ3) is 5.19. The number of benzene rings is 1. The molecule has 0 radical (unpaired) electrons. The van der Waals surface area contributed by atoms with Crippen LogP contribution in [0.2, 0.25) is 0 Å². The Labute approximate surface area is 148 Å². The van der Waals surface area contributed by atoms with Gasteiger partial charge < -0.3 is 16.4 Å². The number of carbonyl (C=O) groups is 2. The van der Waals surface area contributed by atoms with Gasteiger partial charge in [0.05, 0.1) is 11.4 Å². The molecule has 2 amide bonds. The lowest BCUT2D eigenvalue weighted by Crippen LogP contribution is -2.22. The van der Waals surface area contributed by atoms with E-state index in [0.29, 0.717) is 16.5 Å². The summed E-state index contributed by atoms with van der Waals surface area (Å²) >= 11 is 1.14. The maximum atomic E-state index is 12.2. The van der Waals surface area contributed by atoms with Gasteiger partial charge in [0.15, 0.2) is 5.16 Å². The summed E-state index contributed by atoms with van der Waals surface area (Å²) in [5.74, 6) is -0.312. The number of nitrogens with zero attached hydrogens (tertiary/aromatic N) is 3. The summed E-state index contributed by atoms with van der Waals surface area (Å²) in [6.45, 7) is 3.13. The number of nitriles is 1. The average molecular weight is 356 g/mol. The highest BCUT2D eigenvalue weighted by molar-refractivity contribution is 8.00. The normalized spacial score (nSPS) is 11.2. The standard InChI is InChI=1S/C16H16N6O2S/c1-9(25-16-19-8-11(7-17)14(18)22-16)15(24)21-13-5-3-12(4-6-13)20-10(2)23/h3-6,8-9H,1-2H3,(H,20,23)(H,21,24)(H2,18,19,22). The zero-order valence-corrected chi connectivity index (χ0v) is 14.4. The smallest absolute Gasteiger partial charge is 0.237 e. The Bertz CT molecular complexity index is 832. The van der Waals surface area contributed by atoms with Crippen LogP contribution in [0.15, 0.2) is 35.6 Å². The quantitative estimate of drug-likeness (QED) is 0.551. The summed E-state index contributed by atoms with van der Waals surface area (Å²) in [6.07, 6.45) is 1.33. The molecule has 4 N–H and O–H groups in total. The number of carbonyl (C=O) groups excluding carboxylic acids is 2. The molecule has 0 saturated carbocycles. The number of amides is 2. The molecule has 25 heavy (non-hydrogen) atoms. The molecule has 1 heterocycles. The molecule has 0 saturated heterocycles. The van der Waals surface area contributed by atoms with E-state index in [2.05, 4.69) is 20.6 Å². The Morgan fingerprint density at radius 1 is 1.24 bits per heavy atom. The molecule has 0 fully saturated rings. The first-order valence-electron chi connectivity index (χ1n) is 7.27. The average Bonchev–Trinajstić information content (AvgIpc) is 2.56. The Morgan fingerprint density at radius 2 is 1.84 bits per heavy atom. The Kier molecular flexibility index (Phi) is 5.92. The molecule has 1 aromatic carbocycles. The van der Waals surface area contributed by atoms with E-state index in [4.69, 9.17) is 11.0 Å². The van der Waals surface area contributed by atoms with Gasteiger partial charge in [-0.05, 0) is 31.2 Å². The third-order valence-corrected chi connectivity index (χ3v) is 4.02. The van der Waals surface area contributed by atoms with Crippen molar-refractivity contribution in [2.24, 2.45) is 0 Å². The van der Waals surface area contributed by atoms with Gasteiger partial charge in [-0.25, -0.2) is 9.97 Å². The summed E-state index contributed by atoms with van der Waals surface area (Å²) in [6, 6.07) is 8.65. The van der Waals surface area contributed by atoms with Gasteiger partial charge in [0.1, 0.15) is 17.5 Å². The van der Waals surface area contributed by atoms with Crippen LogP contribution in [0.25, 0.3) is 0 Å². The molecule has 0 aliphatic heterocycles. The van der Waals surface area contributed by atoms with Crippen LogP contribution in [0.4, 0.5) is 17.2 Å². The van der Waals surface area contributed by atoms with Gasteiger partial charge in [0, 0.05) is 18.3 Å². The van der Waals surface area contributed by atoms with Crippen LogP contribution >= 0.6 is 11.8 Å². The summed E-state index contributed by atoms with van der Waals surface area (Å²) in [5.41, 5.74) is 7.08. The van der Waals surface area contributed by atoms with E-state index in [9.17, 15) is 9.59 Å². The lowest BCUT2D eigenvalue weighted by atomic mass is 10.2. The number of nitrogens with one attached hydrogen (secondary N) is 2. The van der Waals surface area contributed by atoms with E-state index < -0.39 is 5.25 Å². The SMILES string of the molecule is CC(=O)Nc1ccc(NC(=O)C(C)Sc2ncc(C#N)c(N)n2)cc1. The Hall–Kier alpha value is -3.12. The summed E-state index contributed by atoms with van der Waals surface area (Å²) < 4.78 is 0. The van der Waals surface area contributed by atoms with Crippen LogP contribution < -0.4 is 16.4 Å². The van der Waals surface area contributed by atoms with Crippen LogP contribution in [-0.2, 0) is 9.59 Å². The molecule has 1 aromatic heterocycles. The summed E-state index contributed by atoms with van der Waals surface area (Å²) in [7, 11) is 0. The highest BCUT2D eigenvalue weighted by Crippen LogP contribution is 2.22. The van der Waals surface area contributed by atoms with E-state index in [1.54, 1.807) is 31.2 Å². The zero-order valence-electron chi connectivity index (χ0n) is 13.6. The predicted octanol–water partition coefficient (Wildman–Crippen LogP) is 2.01. The van der Waals surface area contributed by atoms with Crippen molar-refractivity contribution in [2.75, 3.05) is 16.4 Å². The summed E-state index contributed by atoms with van der Waals surface area (Å²) in [5, 5.41) is 14.1. The van der Waals surface area contributed by atoms with Crippen LogP contribution in [-0.4, -0.2) is 27.0 Å². The molecule has 1 atom stereocenters. The minimum absolute atomic E-state index is 0.0844. The van der Waals surface area contributed by atoms with Gasteiger partial charge in [0.25, 0.3) is 0 Å². The number of thioether (sulfide) groups is 1. The molecule has 9 heteroatoms. The maximum Gasteiger partial charge on any atom is 0.237 e. The lowest BCUT2D eigenvalue weighted by Gasteiger charge is -2.12. The van der Waals surface area contributed by atoms with Crippen LogP contribution in [0.5, 0.6) is 0 Å². The molecule has 0 bridgehead atoms. The second-order valence-corrected chi connectivity index (χ2v) is 6.38. The molecule has 1 unspecified atom stereocenters. The van der Waals surface area contributed by atoms with Crippen molar-refractivity contribution in [1.82, 2.24) is 9.97 Å². The fourth-order valence-electron chi connectivity index (χ4n) is 1.82. The van der Waals surface area contributed by atoms with E-state index in [0.717, 1.165) is 11.8 Å². The number of nitrogen functional groups attached to an aromatic ring is 1. The molecular weight excluding hydrogens is 340 g/mol. The van der Waals surface area contributed by atoms with Gasteiger partial charge in [-0.3, -0.25) is 9.59 Å². The van der Waals surface area contributed by atoms with Crippen molar-refractivity contribution in [3.63, 3.8) is 0 Å². The highest BCUT2D eigenvalue weighted by Gasteiger charge is 2.17. The molecule has 2 rings (SSSR count). The van der Waals surface area contributed by atoms with Crippen molar-refractivity contribution in [3.05, 3.63) is 36.0 Å². The summed E-state index contributed by atoms with van der Waals surface area (Å²) in [4.78, 5) is 31.2. The molecule has 0 aliphatic rings. The fourth-order valence-corrected chi connectivity index (χ4v) is 2.56. The minimum atomic E-state index is -0.470. The first-order valence-corrected chi connectivity index (χ1v) is 8.15. The zero-order chi connectivity index (χ0) is 18.4. The topological polar surface area (TPSA) is 134 Å². The largest absolute Gasteiger partial charge is 0.382 e. The minimum Gasteiger partial charge on any atom is -0.382 e. The first-order chi connectivity index (χ1) is 11.9. The number of hydrogen-bond acceptors (Lipinski definition) is 7. The van der Waals surface area contributed by atoms with Gasteiger partial charge in [-0.1, -0.05) is 11.8 Å². The first kappa shape index (κ1) is 18.2. The number of hydrogen-bond donors (Lipinski definition) is 3. The van der Waals surface area contributed by atoms with E-state index >= 15 is 0 Å². The van der Waals surface area contributed by atoms with Gasteiger partial charge in [-0.15, -0.1) is 0 Å².